The van der Waals surface area contributed by atoms with Gasteiger partial charge in [0.1, 0.15) is 11.4 Å². The average Bonchev–Trinajstić information content (AvgIpc) is 3.28. The van der Waals surface area contributed by atoms with Crippen LogP contribution in [0.5, 0.6) is 23.1 Å². The molecule has 0 saturated heterocycles. The monoisotopic (exact) mass is 470 g/mol. The number of aromatic nitrogens is 2. The van der Waals surface area contributed by atoms with Crippen LogP contribution in [-0.2, 0) is 19.4 Å². The number of aromatic amines is 1. The van der Waals surface area contributed by atoms with Gasteiger partial charge in [-0.1, -0.05) is 12.1 Å². The maximum atomic E-state index is 13.2. The lowest BCUT2D eigenvalue weighted by atomic mass is 9.87. The van der Waals surface area contributed by atoms with Crippen molar-refractivity contribution in [1.82, 2.24) is 9.55 Å². The van der Waals surface area contributed by atoms with Gasteiger partial charge in [-0.3, -0.25) is 14.3 Å². The van der Waals surface area contributed by atoms with Crippen molar-refractivity contribution >= 4 is 0 Å². The highest BCUT2D eigenvalue weighted by atomic mass is 19.1. The Balaban J connectivity index is 1.62. The largest absolute Gasteiger partial charge is 0.494 e. The summed E-state index contributed by atoms with van der Waals surface area (Å²) in [6.45, 7) is 0.868. The molecule has 0 saturated carbocycles. The van der Waals surface area contributed by atoms with Crippen LogP contribution in [-0.4, -0.2) is 42.2 Å². The number of likely N-dealkylation sites (N-methyl/N-ethyl adjacent to an activating group) is 1. The maximum Gasteiger partial charge on any atom is 0.331 e. The predicted molar refractivity (Wildman–Crippen MR) is 120 cm³/mol. The highest BCUT2D eigenvalue weighted by Gasteiger charge is 2.41. The van der Waals surface area contributed by atoms with Crippen LogP contribution < -0.4 is 30.4 Å². The number of nitrogens with zero attached hydrogens (tertiary/aromatic N) is 1. The Hall–Kier alpha value is -3.79. The molecule has 2 aliphatic heterocycles. The number of aryl methyl sites for hydroxylation is 1. The van der Waals surface area contributed by atoms with Crippen LogP contribution in [0.2, 0.25) is 0 Å². The van der Waals surface area contributed by atoms with E-state index < -0.39 is 23.2 Å². The molecule has 3 N–H and O–H groups in total. The zero-order valence-corrected chi connectivity index (χ0v) is 18.8. The van der Waals surface area contributed by atoms with Crippen LogP contribution in [0.15, 0.2) is 39.9 Å². The number of benzene rings is 2. The summed E-state index contributed by atoms with van der Waals surface area (Å²) >= 11 is 0. The molecule has 1 unspecified atom stereocenters. The molecule has 2 atom stereocenters. The topological polar surface area (TPSA) is 107 Å². The van der Waals surface area contributed by atoms with E-state index >= 15 is 0 Å². The van der Waals surface area contributed by atoms with E-state index in [1.807, 2.05) is 13.1 Å². The van der Waals surface area contributed by atoms with Crippen LogP contribution in [0.3, 0.4) is 0 Å². The molecule has 0 fully saturated rings. The minimum absolute atomic E-state index is 0.0715. The molecule has 0 radical (unpaired) electrons. The van der Waals surface area contributed by atoms with Gasteiger partial charge in [-0.15, -0.1) is 0 Å². The van der Waals surface area contributed by atoms with Gasteiger partial charge in [0.2, 0.25) is 18.4 Å². The molecule has 3 aromatic rings. The number of fused-ring (bicyclic) bond motifs is 2. The minimum Gasteiger partial charge on any atom is -0.494 e. The summed E-state index contributed by atoms with van der Waals surface area (Å²) in [7, 11) is 3.44. The fourth-order valence-electron chi connectivity index (χ4n) is 4.85. The molecule has 9 nitrogen and oxygen atoms in total. The van der Waals surface area contributed by atoms with Gasteiger partial charge in [0, 0.05) is 13.0 Å². The zero-order chi connectivity index (χ0) is 24.0. The molecule has 2 aliphatic rings. The van der Waals surface area contributed by atoms with E-state index in [1.54, 1.807) is 12.1 Å². The van der Waals surface area contributed by atoms with Gasteiger partial charge in [0.25, 0.3) is 5.56 Å². The summed E-state index contributed by atoms with van der Waals surface area (Å²) in [5, 5.41) is 11.2. The Morgan fingerprint density at radius 3 is 2.74 bits per heavy atom. The number of hydrogen-bond acceptors (Lipinski definition) is 6. The number of halogens is 1. The summed E-state index contributed by atoms with van der Waals surface area (Å²) in [5.74, 6) is 0.745. The van der Waals surface area contributed by atoms with Crippen molar-refractivity contribution < 1.29 is 28.6 Å². The lowest BCUT2D eigenvalue weighted by molar-refractivity contribution is -0.908. The van der Waals surface area contributed by atoms with E-state index in [2.05, 4.69) is 4.98 Å². The maximum absolute atomic E-state index is 13.2. The van der Waals surface area contributed by atoms with E-state index in [0.29, 0.717) is 36.6 Å². The van der Waals surface area contributed by atoms with Crippen molar-refractivity contribution in [1.29, 1.82) is 0 Å². The number of H-pyrrole nitrogens is 1. The van der Waals surface area contributed by atoms with Gasteiger partial charge in [0.05, 0.1) is 26.3 Å². The van der Waals surface area contributed by atoms with E-state index in [4.69, 9.17) is 14.2 Å². The van der Waals surface area contributed by atoms with Gasteiger partial charge < -0.3 is 24.2 Å². The Morgan fingerprint density at radius 2 is 2.00 bits per heavy atom. The van der Waals surface area contributed by atoms with E-state index in [9.17, 15) is 19.1 Å². The number of ether oxygens (including phenoxy) is 3. The fraction of sp³-hybridized carbons (Fsp3) is 0.333. The molecule has 2 aromatic carbocycles. The van der Waals surface area contributed by atoms with Crippen molar-refractivity contribution in [2.24, 2.45) is 0 Å². The summed E-state index contributed by atoms with van der Waals surface area (Å²) < 4.78 is 31.2. The zero-order valence-electron chi connectivity index (χ0n) is 18.8. The first-order chi connectivity index (χ1) is 16.4. The second-order valence-corrected chi connectivity index (χ2v) is 8.52. The molecule has 0 amide bonds. The molecule has 10 heteroatoms. The molecule has 0 spiro atoms. The van der Waals surface area contributed by atoms with Crippen LogP contribution in [0.4, 0.5) is 4.39 Å². The highest BCUT2D eigenvalue weighted by Crippen LogP contribution is 2.48. The third-order valence-corrected chi connectivity index (χ3v) is 6.55. The molecule has 5 rings (SSSR count). The summed E-state index contributed by atoms with van der Waals surface area (Å²) in [5.41, 5.74) is 1.16. The number of nitrogens with one attached hydrogen (secondary N) is 2. The van der Waals surface area contributed by atoms with Crippen LogP contribution >= 0.6 is 0 Å². The van der Waals surface area contributed by atoms with Crippen molar-refractivity contribution in [2.45, 2.75) is 25.4 Å². The molecule has 0 aliphatic carbocycles. The molecular formula is C24H25FN3O6+. The summed E-state index contributed by atoms with van der Waals surface area (Å²) in [6.07, 6.45) is 1.08. The SMILES string of the molecule is COc1c2c(cc3c1[C@@H](c1c(O)n(CCc4ccc(F)cc4)c(=O)[nH]c1=O)[NH+](C)CC3)OCO2. The standard InChI is InChI=1S/C24H24FN3O6/c1-27-9-8-14-11-16-20(34-12-33-16)21(32-2)17(14)19(27)18-22(29)26-24(31)28(23(18)30)10-7-13-3-5-15(25)6-4-13/h3-6,11,19,30H,7-10,12H2,1-2H3,(H,26,29,31)/p+1/t19-/m0/s1. The van der Waals surface area contributed by atoms with Gasteiger partial charge in [-0.2, -0.15) is 0 Å². The molecule has 0 bridgehead atoms. The van der Waals surface area contributed by atoms with Gasteiger partial charge in [-0.25, -0.2) is 9.18 Å². The summed E-state index contributed by atoms with van der Waals surface area (Å²) in [4.78, 5) is 28.9. The van der Waals surface area contributed by atoms with E-state index in [0.717, 1.165) is 26.2 Å². The van der Waals surface area contributed by atoms with Crippen LogP contribution in [0, 0.1) is 5.82 Å². The first-order valence-corrected chi connectivity index (χ1v) is 11.0. The lowest BCUT2D eigenvalue weighted by Gasteiger charge is -2.33. The first-order valence-electron chi connectivity index (χ1n) is 11.0. The van der Waals surface area contributed by atoms with Gasteiger partial charge >= 0.3 is 5.69 Å². The molecule has 1 aromatic heterocycles. The van der Waals surface area contributed by atoms with Gasteiger partial charge in [0.15, 0.2) is 17.5 Å². The smallest absolute Gasteiger partial charge is 0.331 e. The van der Waals surface area contributed by atoms with Crippen molar-refractivity contribution in [3.8, 4) is 23.1 Å². The van der Waals surface area contributed by atoms with Crippen LogP contribution in [0.1, 0.15) is 28.3 Å². The lowest BCUT2D eigenvalue weighted by Crippen LogP contribution is -3.10. The highest BCUT2D eigenvalue weighted by molar-refractivity contribution is 5.62. The predicted octanol–water partition coefficient (Wildman–Crippen LogP) is 0.521. The third-order valence-electron chi connectivity index (χ3n) is 6.55. The van der Waals surface area contributed by atoms with Crippen molar-refractivity contribution in [2.75, 3.05) is 27.5 Å². The van der Waals surface area contributed by atoms with Crippen molar-refractivity contribution in [3.63, 3.8) is 0 Å². The molecule has 34 heavy (non-hydrogen) atoms. The fourth-order valence-corrected chi connectivity index (χ4v) is 4.85. The number of methoxy groups -OCH3 is 1. The minimum atomic E-state index is -0.709. The third kappa shape index (κ3) is 3.60. The molecular weight excluding hydrogens is 445 g/mol. The normalized spacial score (nSPS) is 18.6. The number of quaternary nitrogens is 1. The first kappa shape index (κ1) is 22.0. The number of aromatic hydroxyl groups is 1. The Morgan fingerprint density at radius 1 is 1.24 bits per heavy atom. The molecule has 178 valence electrons. The summed E-state index contributed by atoms with van der Waals surface area (Å²) in [6, 6.07) is 7.19. The van der Waals surface area contributed by atoms with Gasteiger partial charge in [-0.05, 0) is 35.7 Å². The van der Waals surface area contributed by atoms with E-state index in [1.165, 1.54) is 19.2 Å². The quantitative estimate of drug-likeness (QED) is 0.502. The van der Waals surface area contributed by atoms with Crippen LogP contribution in [0.25, 0.3) is 0 Å². The molecule has 3 heterocycles. The Kier molecular flexibility index (Phi) is 5.52. The Labute approximate surface area is 193 Å². The average molecular weight is 470 g/mol. The number of rotatable bonds is 5. The number of hydrogen-bond donors (Lipinski definition) is 3. The second-order valence-electron chi connectivity index (χ2n) is 8.52. The second kappa shape index (κ2) is 8.53. The van der Waals surface area contributed by atoms with E-state index in [-0.39, 0.29) is 24.7 Å². The van der Waals surface area contributed by atoms with Crippen molar-refractivity contribution in [3.05, 3.63) is 79.2 Å². The Bertz CT molecular complexity index is 1370.